The van der Waals surface area contributed by atoms with Gasteiger partial charge in [-0.25, -0.2) is 0 Å². The molecule has 0 saturated carbocycles. The van der Waals surface area contributed by atoms with Crippen LogP contribution in [0.5, 0.6) is 11.5 Å². The third kappa shape index (κ3) is 2.68. The number of ether oxygens (including phenoxy) is 2. The van der Waals surface area contributed by atoms with E-state index >= 15 is 0 Å². The summed E-state index contributed by atoms with van der Waals surface area (Å²) >= 11 is 0. The van der Waals surface area contributed by atoms with Gasteiger partial charge < -0.3 is 20.5 Å². The SMILES string of the molecule is CCC(N)C(=O)NCc1ccc2c(c1)OCO2. The molecule has 1 heterocycles. The molecule has 17 heavy (non-hydrogen) atoms. The Hall–Kier alpha value is -1.75. The Morgan fingerprint density at radius 3 is 3.00 bits per heavy atom. The van der Waals surface area contributed by atoms with Gasteiger partial charge in [-0.1, -0.05) is 13.0 Å². The van der Waals surface area contributed by atoms with Gasteiger partial charge >= 0.3 is 0 Å². The van der Waals surface area contributed by atoms with Crippen molar-refractivity contribution >= 4 is 5.91 Å². The predicted molar refractivity (Wildman–Crippen MR) is 62.7 cm³/mol. The smallest absolute Gasteiger partial charge is 0.237 e. The maximum Gasteiger partial charge on any atom is 0.237 e. The van der Waals surface area contributed by atoms with E-state index in [9.17, 15) is 4.79 Å². The zero-order valence-electron chi connectivity index (χ0n) is 9.73. The second kappa shape index (κ2) is 5.05. The summed E-state index contributed by atoms with van der Waals surface area (Å²) in [6.45, 7) is 2.58. The van der Waals surface area contributed by atoms with Gasteiger partial charge in [-0.3, -0.25) is 4.79 Å². The highest BCUT2D eigenvalue weighted by molar-refractivity contribution is 5.81. The Morgan fingerprint density at radius 2 is 2.24 bits per heavy atom. The molecule has 1 amide bonds. The Balaban J connectivity index is 1.93. The second-order valence-corrected chi connectivity index (χ2v) is 3.92. The molecule has 1 unspecified atom stereocenters. The number of carbonyl (C=O) groups is 1. The van der Waals surface area contributed by atoms with E-state index in [1.165, 1.54) is 0 Å². The molecule has 1 aliphatic rings. The van der Waals surface area contributed by atoms with Gasteiger partial charge in [-0.15, -0.1) is 0 Å². The minimum Gasteiger partial charge on any atom is -0.454 e. The van der Waals surface area contributed by atoms with Crippen molar-refractivity contribution in [3.05, 3.63) is 23.8 Å². The van der Waals surface area contributed by atoms with Gasteiger partial charge in [0.05, 0.1) is 6.04 Å². The van der Waals surface area contributed by atoms with Gasteiger partial charge in [0.1, 0.15) is 0 Å². The van der Waals surface area contributed by atoms with Crippen LogP contribution in [0.2, 0.25) is 0 Å². The molecular formula is C12H16N2O3. The third-order valence-corrected chi connectivity index (χ3v) is 2.68. The molecule has 92 valence electrons. The monoisotopic (exact) mass is 236 g/mol. The lowest BCUT2D eigenvalue weighted by molar-refractivity contribution is -0.122. The summed E-state index contributed by atoms with van der Waals surface area (Å²) in [4.78, 5) is 11.5. The van der Waals surface area contributed by atoms with Crippen LogP contribution in [-0.4, -0.2) is 18.7 Å². The lowest BCUT2D eigenvalue weighted by Crippen LogP contribution is -2.39. The zero-order chi connectivity index (χ0) is 12.3. The van der Waals surface area contributed by atoms with Gasteiger partial charge in [0.2, 0.25) is 12.7 Å². The average molecular weight is 236 g/mol. The van der Waals surface area contributed by atoms with Crippen LogP contribution in [0.25, 0.3) is 0 Å². The van der Waals surface area contributed by atoms with Crippen molar-refractivity contribution < 1.29 is 14.3 Å². The molecule has 5 heteroatoms. The van der Waals surface area contributed by atoms with Crippen LogP contribution in [0.15, 0.2) is 18.2 Å². The maximum absolute atomic E-state index is 11.5. The van der Waals surface area contributed by atoms with Crippen LogP contribution >= 0.6 is 0 Å². The summed E-state index contributed by atoms with van der Waals surface area (Å²) in [5, 5.41) is 2.78. The quantitative estimate of drug-likeness (QED) is 0.809. The predicted octanol–water partition coefficient (Wildman–Crippen LogP) is 0.769. The van der Waals surface area contributed by atoms with Crippen LogP contribution in [-0.2, 0) is 11.3 Å². The molecule has 0 spiro atoms. The number of nitrogens with two attached hydrogens (primary N) is 1. The molecule has 0 bridgehead atoms. The fourth-order valence-corrected chi connectivity index (χ4v) is 1.56. The van der Waals surface area contributed by atoms with Crippen molar-refractivity contribution in [3.63, 3.8) is 0 Å². The standard InChI is InChI=1S/C12H16N2O3/c1-2-9(13)12(15)14-6-8-3-4-10-11(5-8)17-7-16-10/h3-5,9H,2,6-7,13H2,1H3,(H,14,15). The molecule has 0 aliphatic carbocycles. The normalized spacial score (nSPS) is 14.5. The summed E-state index contributed by atoms with van der Waals surface area (Å²) in [7, 11) is 0. The summed E-state index contributed by atoms with van der Waals surface area (Å²) in [5.74, 6) is 1.33. The minimum atomic E-state index is -0.441. The van der Waals surface area contributed by atoms with Crippen molar-refractivity contribution in [2.24, 2.45) is 5.73 Å². The van der Waals surface area contributed by atoms with Gasteiger partial charge in [0.25, 0.3) is 0 Å². The van der Waals surface area contributed by atoms with Crippen LogP contribution in [0.1, 0.15) is 18.9 Å². The summed E-state index contributed by atoms with van der Waals surface area (Å²) < 4.78 is 10.5. The van der Waals surface area contributed by atoms with Crippen LogP contribution in [0.4, 0.5) is 0 Å². The van der Waals surface area contributed by atoms with E-state index in [1.54, 1.807) is 0 Å². The van der Waals surface area contributed by atoms with E-state index in [-0.39, 0.29) is 12.7 Å². The average Bonchev–Trinajstić information content (AvgIpc) is 2.82. The lowest BCUT2D eigenvalue weighted by Gasteiger charge is -2.10. The number of rotatable bonds is 4. The van der Waals surface area contributed by atoms with E-state index < -0.39 is 6.04 Å². The third-order valence-electron chi connectivity index (χ3n) is 2.68. The number of hydrogen-bond acceptors (Lipinski definition) is 4. The van der Waals surface area contributed by atoms with Gasteiger partial charge in [-0.2, -0.15) is 0 Å². The molecule has 2 rings (SSSR count). The summed E-state index contributed by atoms with van der Waals surface area (Å²) in [6.07, 6.45) is 0.632. The van der Waals surface area contributed by atoms with Gasteiger partial charge in [0.15, 0.2) is 11.5 Å². The van der Waals surface area contributed by atoms with Crippen molar-refractivity contribution in [2.75, 3.05) is 6.79 Å². The number of fused-ring (bicyclic) bond motifs is 1. The highest BCUT2D eigenvalue weighted by Crippen LogP contribution is 2.32. The largest absolute Gasteiger partial charge is 0.454 e. The molecule has 1 atom stereocenters. The summed E-state index contributed by atoms with van der Waals surface area (Å²) in [6, 6.07) is 5.15. The Bertz CT molecular complexity index is 420. The highest BCUT2D eigenvalue weighted by Gasteiger charge is 2.14. The first-order chi connectivity index (χ1) is 8.20. The van der Waals surface area contributed by atoms with E-state index in [2.05, 4.69) is 5.32 Å². The Labute approximate surface area is 99.9 Å². The van der Waals surface area contributed by atoms with E-state index in [1.807, 2.05) is 25.1 Å². The summed E-state index contributed by atoms with van der Waals surface area (Å²) in [5.41, 5.74) is 6.58. The van der Waals surface area contributed by atoms with Crippen LogP contribution in [0.3, 0.4) is 0 Å². The minimum absolute atomic E-state index is 0.134. The number of carbonyl (C=O) groups excluding carboxylic acids is 1. The molecule has 0 radical (unpaired) electrons. The maximum atomic E-state index is 11.5. The van der Waals surface area contributed by atoms with Crippen molar-refractivity contribution in [1.29, 1.82) is 0 Å². The van der Waals surface area contributed by atoms with Crippen LogP contribution < -0.4 is 20.5 Å². The molecule has 1 aromatic rings. The second-order valence-electron chi connectivity index (χ2n) is 3.92. The fourth-order valence-electron chi connectivity index (χ4n) is 1.56. The molecule has 5 nitrogen and oxygen atoms in total. The first-order valence-electron chi connectivity index (χ1n) is 5.62. The van der Waals surface area contributed by atoms with Crippen LogP contribution in [0, 0.1) is 0 Å². The molecule has 1 aromatic carbocycles. The lowest BCUT2D eigenvalue weighted by atomic mass is 10.2. The van der Waals surface area contributed by atoms with Gasteiger partial charge in [-0.05, 0) is 24.1 Å². The Morgan fingerprint density at radius 1 is 1.47 bits per heavy atom. The van der Waals surface area contributed by atoms with Crippen molar-refractivity contribution in [3.8, 4) is 11.5 Å². The van der Waals surface area contributed by atoms with Gasteiger partial charge in [0, 0.05) is 6.54 Å². The zero-order valence-corrected chi connectivity index (χ0v) is 9.73. The Kier molecular flexibility index (Phi) is 3.49. The molecule has 1 aliphatic heterocycles. The fraction of sp³-hybridized carbons (Fsp3) is 0.417. The highest BCUT2D eigenvalue weighted by atomic mass is 16.7. The molecule has 3 N–H and O–H groups in total. The first kappa shape index (κ1) is 11.7. The molecular weight excluding hydrogens is 220 g/mol. The molecule has 0 fully saturated rings. The number of nitrogens with one attached hydrogen (secondary N) is 1. The van der Waals surface area contributed by atoms with Crippen molar-refractivity contribution in [1.82, 2.24) is 5.32 Å². The molecule has 0 saturated heterocycles. The van der Waals surface area contributed by atoms with Crippen molar-refractivity contribution in [2.45, 2.75) is 25.9 Å². The molecule has 0 aromatic heterocycles. The number of hydrogen-bond donors (Lipinski definition) is 2. The van der Waals surface area contributed by atoms with E-state index in [4.69, 9.17) is 15.2 Å². The van der Waals surface area contributed by atoms with E-state index in [0.717, 1.165) is 17.1 Å². The first-order valence-corrected chi connectivity index (χ1v) is 5.62. The topological polar surface area (TPSA) is 73.6 Å². The number of benzene rings is 1. The van der Waals surface area contributed by atoms with E-state index in [0.29, 0.717) is 13.0 Å². The number of amides is 1.